The molecule has 0 N–H and O–H groups in total. The van der Waals surface area contributed by atoms with Crippen LogP contribution in [0.3, 0.4) is 0 Å². The number of hydrogen-bond donors (Lipinski definition) is 0. The summed E-state index contributed by atoms with van der Waals surface area (Å²) in [4.78, 5) is 31.7. The van der Waals surface area contributed by atoms with Crippen LogP contribution in [0.2, 0.25) is 0 Å². The summed E-state index contributed by atoms with van der Waals surface area (Å²) in [5.41, 5.74) is 0.975. The Balaban J connectivity index is 1.75. The van der Waals surface area contributed by atoms with E-state index in [1.807, 2.05) is 31.2 Å². The monoisotopic (exact) mass is 378 g/mol. The minimum absolute atomic E-state index is 0.215. The molecule has 0 saturated heterocycles. The molecule has 4 rings (SSSR count). The van der Waals surface area contributed by atoms with Gasteiger partial charge in [-0.15, -0.1) is 11.3 Å². The van der Waals surface area contributed by atoms with E-state index in [4.69, 9.17) is 0 Å². The number of nitrogens with zero attached hydrogens (tertiary/aromatic N) is 4. The number of aryl methyl sites for hydroxylation is 1. The fourth-order valence-electron chi connectivity index (χ4n) is 3.03. The minimum Gasteiger partial charge on any atom is -0.331 e. The molecule has 0 bridgehead atoms. The molecular formula is C20H18N4O2S. The molecule has 2 heterocycles. The molecule has 1 atom stereocenters. The Bertz CT molecular complexity index is 1190. The van der Waals surface area contributed by atoms with Crippen molar-refractivity contribution in [3.05, 3.63) is 69.6 Å². The SMILES string of the molecule is CC(c1nc2ccccc2s1)N(C)C(=O)c1nn(C)c(=O)c2ccccc12. The molecular weight excluding hydrogens is 360 g/mol. The van der Waals surface area contributed by atoms with Gasteiger partial charge >= 0.3 is 0 Å². The van der Waals surface area contributed by atoms with Gasteiger partial charge in [0.05, 0.1) is 21.6 Å². The first-order chi connectivity index (χ1) is 13.0. The molecule has 1 unspecified atom stereocenters. The Morgan fingerprint density at radius 3 is 2.52 bits per heavy atom. The van der Waals surface area contributed by atoms with Crippen molar-refractivity contribution in [2.24, 2.45) is 7.05 Å². The number of amides is 1. The Labute approximate surface area is 159 Å². The number of carbonyl (C=O) groups is 1. The van der Waals surface area contributed by atoms with Crippen molar-refractivity contribution in [3.63, 3.8) is 0 Å². The third kappa shape index (κ3) is 2.90. The smallest absolute Gasteiger partial charge is 0.275 e. The zero-order valence-electron chi connectivity index (χ0n) is 15.2. The van der Waals surface area contributed by atoms with Crippen molar-refractivity contribution >= 4 is 38.2 Å². The second-order valence-corrected chi connectivity index (χ2v) is 7.50. The first-order valence-electron chi connectivity index (χ1n) is 8.56. The van der Waals surface area contributed by atoms with Crippen LogP contribution in [0.15, 0.2) is 53.3 Å². The van der Waals surface area contributed by atoms with Crippen molar-refractivity contribution in [1.29, 1.82) is 0 Å². The van der Waals surface area contributed by atoms with Gasteiger partial charge in [-0.25, -0.2) is 9.67 Å². The molecule has 0 aliphatic rings. The van der Waals surface area contributed by atoms with Crippen LogP contribution in [0.25, 0.3) is 21.0 Å². The van der Waals surface area contributed by atoms with Crippen molar-refractivity contribution in [1.82, 2.24) is 19.7 Å². The van der Waals surface area contributed by atoms with Crippen LogP contribution in [0.4, 0.5) is 0 Å². The first kappa shape index (κ1) is 17.4. The molecule has 6 nitrogen and oxygen atoms in total. The third-order valence-electron chi connectivity index (χ3n) is 4.73. The number of aromatic nitrogens is 3. The minimum atomic E-state index is -0.242. The molecule has 0 aliphatic heterocycles. The summed E-state index contributed by atoms with van der Waals surface area (Å²) in [5, 5.41) is 6.15. The number of para-hydroxylation sites is 1. The van der Waals surface area contributed by atoms with Crippen LogP contribution in [0.1, 0.15) is 28.5 Å². The van der Waals surface area contributed by atoms with Gasteiger partial charge in [0.25, 0.3) is 11.5 Å². The van der Waals surface area contributed by atoms with E-state index >= 15 is 0 Å². The van der Waals surface area contributed by atoms with E-state index in [1.54, 1.807) is 54.6 Å². The largest absolute Gasteiger partial charge is 0.331 e. The molecule has 0 radical (unpaired) electrons. The van der Waals surface area contributed by atoms with Gasteiger partial charge in [0, 0.05) is 19.5 Å². The summed E-state index contributed by atoms with van der Waals surface area (Å²) >= 11 is 1.57. The average Bonchev–Trinajstić information content (AvgIpc) is 3.13. The van der Waals surface area contributed by atoms with E-state index in [2.05, 4.69) is 10.1 Å². The second-order valence-electron chi connectivity index (χ2n) is 6.43. The topological polar surface area (TPSA) is 68.1 Å². The van der Waals surface area contributed by atoms with Gasteiger partial charge < -0.3 is 4.90 Å². The number of fused-ring (bicyclic) bond motifs is 2. The molecule has 7 heteroatoms. The fraction of sp³-hybridized carbons (Fsp3) is 0.200. The van der Waals surface area contributed by atoms with E-state index in [-0.39, 0.29) is 23.2 Å². The lowest BCUT2D eigenvalue weighted by molar-refractivity contribution is 0.0736. The second kappa shape index (κ2) is 6.59. The highest BCUT2D eigenvalue weighted by Gasteiger charge is 2.25. The van der Waals surface area contributed by atoms with Crippen molar-refractivity contribution < 1.29 is 4.79 Å². The molecule has 2 aromatic heterocycles. The number of hydrogen-bond acceptors (Lipinski definition) is 5. The van der Waals surface area contributed by atoms with Crippen LogP contribution in [0, 0.1) is 0 Å². The summed E-state index contributed by atoms with van der Waals surface area (Å²) in [6.45, 7) is 1.94. The first-order valence-corrected chi connectivity index (χ1v) is 9.37. The number of thiazole rings is 1. The van der Waals surface area contributed by atoms with Gasteiger partial charge in [0.2, 0.25) is 0 Å². The standard InChI is InChI=1S/C20H18N4O2S/c1-12(18-21-15-10-6-7-11-16(15)27-18)23(2)20(26)17-13-8-4-5-9-14(13)19(25)24(3)22-17/h4-12H,1-3H3. The van der Waals surface area contributed by atoms with Crippen molar-refractivity contribution in [2.75, 3.05) is 7.05 Å². The molecule has 1 amide bonds. The zero-order chi connectivity index (χ0) is 19.1. The Morgan fingerprint density at radius 1 is 1.11 bits per heavy atom. The lowest BCUT2D eigenvalue weighted by atomic mass is 10.1. The number of rotatable bonds is 3. The van der Waals surface area contributed by atoms with E-state index in [9.17, 15) is 9.59 Å². The number of carbonyl (C=O) groups excluding carboxylic acids is 1. The van der Waals surface area contributed by atoms with Gasteiger partial charge in [-0.2, -0.15) is 5.10 Å². The molecule has 0 spiro atoms. The Kier molecular flexibility index (Phi) is 4.24. The summed E-state index contributed by atoms with van der Waals surface area (Å²) in [6, 6.07) is 14.8. The highest BCUT2D eigenvalue weighted by atomic mass is 32.1. The molecule has 4 aromatic rings. The predicted octanol–water partition coefficient (Wildman–Crippen LogP) is 3.38. The molecule has 136 valence electrons. The quantitative estimate of drug-likeness (QED) is 0.548. The van der Waals surface area contributed by atoms with Crippen molar-refractivity contribution in [3.8, 4) is 0 Å². The predicted molar refractivity (Wildman–Crippen MR) is 107 cm³/mol. The van der Waals surface area contributed by atoms with E-state index in [1.165, 1.54) is 4.68 Å². The van der Waals surface area contributed by atoms with E-state index in [0.29, 0.717) is 10.8 Å². The maximum Gasteiger partial charge on any atom is 0.275 e. The molecule has 27 heavy (non-hydrogen) atoms. The van der Waals surface area contributed by atoms with Gasteiger partial charge in [0.15, 0.2) is 5.69 Å². The van der Waals surface area contributed by atoms with Gasteiger partial charge in [-0.3, -0.25) is 9.59 Å². The van der Waals surface area contributed by atoms with Crippen molar-refractivity contribution in [2.45, 2.75) is 13.0 Å². The Morgan fingerprint density at radius 2 is 1.78 bits per heavy atom. The van der Waals surface area contributed by atoms with E-state index in [0.717, 1.165) is 15.2 Å². The Hall–Kier alpha value is -3.06. The van der Waals surface area contributed by atoms with Crippen LogP contribution in [-0.4, -0.2) is 32.6 Å². The molecule has 0 aliphatic carbocycles. The van der Waals surface area contributed by atoms with Gasteiger partial charge in [-0.1, -0.05) is 30.3 Å². The lowest BCUT2D eigenvalue weighted by Crippen LogP contribution is -2.33. The van der Waals surface area contributed by atoms with E-state index < -0.39 is 0 Å². The van der Waals surface area contributed by atoms with Gasteiger partial charge in [0.1, 0.15) is 5.01 Å². The fourth-order valence-corrected chi connectivity index (χ4v) is 4.10. The third-order valence-corrected chi connectivity index (χ3v) is 5.93. The lowest BCUT2D eigenvalue weighted by Gasteiger charge is -2.23. The molecule has 2 aromatic carbocycles. The van der Waals surface area contributed by atoms with Crippen LogP contribution < -0.4 is 5.56 Å². The van der Waals surface area contributed by atoms with Crippen LogP contribution >= 0.6 is 11.3 Å². The highest BCUT2D eigenvalue weighted by Crippen LogP contribution is 2.29. The summed E-state index contributed by atoms with van der Waals surface area (Å²) in [5.74, 6) is -0.242. The van der Waals surface area contributed by atoms with Crippen LogP contribution in [0.5, 0.6) is 0 Å². The summed E-state index contributed by atoms with van der Waals surface area (Å²) in [6.07, 6.45) is 0. The highest BCUT2D eigenvalue weighted by molar-refractivity contribution is 7.18. The molecule has 0 saturated carbocycles. The number of benzene rings is 2. The summed E-state index contributed by atoms with van der Waals surface area (Å²) in [7, 11) is 3.29. The molecule has 0 fully saturated rings. The maximum atomic E-state index is 13.2. The zero-order valence-corrected chi connectivity index (χ0v) is 16.0. The maximum absolute atomic E-state index is 13.2. The van der Waals surface area contributed by atoms with Gasteiger partial charge in [-0.05, 0) is 25.1 Å². The summed E-state index contributed by atoms with van der Waals surface area (Å²) < 4.78 is 2.30. The van der Waals surface area contributed by atoms with Crippen LogP contribution in [-0.2, 0) is 7.05 Å². The normalized spacial score (nSPS) is 12.4. The average molecular weight is 378 g/mol.